The van der Waals surface area contributed by atoms with Crippen molar-refractivity contribution < 1.29 is 14.6 Å². The molecule has 3 heteroatoms. The normalized spacial score (nSPS) is 30.2. The maximum Gasteiger partial charge on any atom is 0.310 e. The number of aliphatic hydroxyl groups is 1. The largest absolute Gasteiger partial charge is 0.461 e. The third-order valence-electron chi connectivity index (χ3n) is 6.69. The predicted octanol–water partition coefficient (Wildman–Crippen LogP) is 4.48. The lowest BCUT2D eigenvalue weighted by molar-refractivity contribution is -0.144. The first-order chi connectivity index (χ1) is 13.5. The fourth-order valence-corrected chi connectivity index (χ4v) is 5.90. The van der Waals surface area contributed by atoms with Crippen LogP contribution in [0.25, 0.3) is 0 Å². The Kier molecular flexibility index (Phi) is 4.17. The summed E-state index contributed by atoms with van der Waals surface area (Å²) < 4.78 is 5.45. The number of allylic oxidation sites excluding steroid dienone is 1. The lowest BCUT2D eigenvalue weighted by Crippen LogP contribution is -2.52. The van der Waals surface area contributed by atoms with Gasteiger partial charge >= 0.3 is 5.97 Å². The molecule has 4 aliphatic rings. The number of esters is 1. The van der Waals surface area contributed by atoms with Crippen molar-refractivity contribution in [2.75, 3.05) is 0 Å². The Morgan fingerprint density at radius 3 is 2.68 bits per heavy atom. The van der Waals surface area contributed by atoms with Crippen LogP contribution in [-0.4, -0.2) is 16.7 Å². The molecule has 2 aromatic carbocycles. The van der Waals surface area contributed by atoms with Crippen LogP contribution in [0.4, 0.5) is 0 Å². The Labute approximate surface area is 166 Å². The Balaban J connectivity index is 1.31. The Bertz CT molecular complexity index is 932. The average molecular weight is 374 g/mol. The van der Waals surface area contributed by atoms with E-state index in [-0.39, 0.29) is 17.8 Å². The minimum absolute atomic E-state index is 0.0317. The number of carbonyl (C=O) groups is 1. The third kappa shape index (κ3) is 3.29. The molecule has 1 N–H and O–H groups in total. The summed E-state index contributed by atoms with van der Waals surface area (Å²) in [6.07, 6.45) is 7.47. The van der Waals surface area contributed by atoms with Crippen molar-refractivity contribution in [2.24, 2.45) is 5.92 Å². The van der Waals surface area contributed by atoms with Crippen LogP contribution in [0.15, 0.2) is 66.2 Å². The summed E-state index contributed by atoms with van der Waals surface area (Å²) >= 11 is 0. The fraction of sp³-hybridized carbons (Fsp3) is 0.400. The first-order valence-corrected chi connectivity index (χ1v) is 10.2. The van der Waals surface area contributed by atoms with E-state index in [0.717, 1.165) is 43.2 Å². The standard InChI is InChI=1S/C25H26O3/c26-23(28-16-18-5-2-1-3-6-18)11-19-7-4-8-22(10-19)24-12-20-9-21(13-24)15-25(27,14-20)17-24/h1-8,10,14,21,27H,9,11-13,15-17H2. The number of hydrogen-bond acceptors (Lipinski definition) is 3. The van der Waals surface area contributed by atoms with E-state index in [9.17, 15) is 9.90 Å². The molecule has 2 fully saturated rings. The summed E-state index contributed by atoms with van der Waals surface area (Å²) in [7, 11) is 0. The lowest BCUT2D eigenvalue weighted by Gasteiger charge is -2.56. The fourth-order valence-electron chi connectivity index (χ4n) is 5.90. The average Bonchev–Trinajstić information content (AvgIpc) is 2.66. The number of hydrogen-bond donors (Lipinski definition) is 1. The first kappa shape index (κ1) is 17.7. The molecule has 28 heavy (non-hydrogen) atoms. The first-order valence-electron chi connectivity index (χ1n) is 10.2. The van der Waals surface area contributed by atoms with Gasteiger partial charge in [-0.15, -0.1) is 0 Å². The van der Waals surface area contributed by atoms with Crippen molar-refractivity contribution in [1.29, 1.82) is 0 Å². The van der Waals surface area contributed by atoms with Crippen LogP contribution >= 0.6 is 0 Å². The van der Waals surface area contributed by atoms with Crippen LogP contribution < -0.4 is 0 Å². The van der Waals surface area contributed by atoms with Gasteiger partial charge in [0.1, 0.15) is 6.61 Å². The van der Waals surface area contributed by atoms with Gasteiger partial charge in [-0.1, -0.05) is 66.2 Å². The Hall–Kier alpha value is -2.39. The molecule has 3 atom stereocenters. The van der Waals surface area contributed by atoms with Crippen LogP contribution in [0, 0.1) is 5.92 Å². The van der Waals surface area contributed by atoms with Gasteiger partial charge in [-0.05, 0) is 54.7 Å². The van der Waals surface area contributed by atoms with E-state index in [1.807, 2.05) is 42.5 Å². The highest BCUT2D eigenvalue weighted by Crippen LogP contribution is 2.59. The monoisotopic (exact) mass is 374 g/mol. The summed E-state index contributed by atoms with van der Waals surface area (Å²) in [5, 5.41) is 11.0. The molecule has 0 amide bonds. The zero-order valence-corrected chi connectivity index (χ0v) is 16.1. The summed E-state index contributed by atoms with van der Waals surface area (Å²) in [6, 6.07) is 18.2. The van der Waals surface area contributed by atoms with Gasteiger partial charge in [0.25, 0.3) is 0 Å². The smallest absolute Gasteiger partial charge is 0.310 e. The molecule has 144 valence electrons. The molecule has 0 saturated heterocycles. The molecule has 3 nitrogen and oxygen atoms in total. The van der Waals surface area contributed by atoms with Crippen molar-refractivity contribution in [3.05, 3.63) is 82.9 Å². The SMILES string of the molecule is O=C(Cc1cccc(C23CC4=CC(O)(CC(C4)C2)C3)c1)OCc1ccccc1. The van der Waals surface area contributed by atoms with Gasteiger partial charge in [-0.2, -0.15) is 0 Å². The third-order valence-corrected chi connectivity index (χ3v) is 6.69. The van der Waals surface area contributed by atoms with E-state index < -0.39 is 5.60 Å². The number of rotatable bonds is 5. The van der Waals surface area contributed by atoms with E-state index in [0.29, 0.717) is 12.5 Å². The molecule has 6 rings (SSSR count). The van der Waals surface area contributed by atoms with Crippen LogP contribution in [-0.2, 0) is 28.0 Å². The van der Waals surface area contributed by atoms with Gasteiger partial charge in [0.2, 0.25) is 0 Å². The molecule has 2 saturated carbocycles. The molecule has 0 heterocycles. The minimum atomic E-state index is -0.626. The molecule has 3 unspecified atom stereocenters. The number of carbonyl (C=O) groups excluding carboxylic acids is 1. The van der Waals surface area contributed by atoms with Crippen LogP contribution in [0.1, 0.15) is 48.8 Å². The summed E-state index contributed by atoms with van der Waals surface area (Å²) in [6.45, 7) is 0.312. The lowest BCUT2D eigenvalue weighted by atomic mass is 9.50. The van der Waals surface area contributed by atoms with Crippen LogP contribution in [0.2, 0.25) is 0 Å². The van der Waals surface area contributed by atoms with E-state index in [4.69, 9.17) is 4.74 Å². The van der Waals surface area contributed by atoms with Crippen molar-refractivity contribution in [3.63, 3.8) is 0 Å². The highest BCUT2D eigenvalue weighted by atomic mass is 16.5. The summed E-state index contributed by atoms with van der Waals surface area (Å²) in [5.74, 6) is 0.389. The van der Waals surface area contributed by atoms with Gasteiger partial charge < -0.3 is 9.84 Å². The molecular weight excluding hydrogens is 348 g/mol. The van der Waals surface area contributed by atoms with Gasteiger partial charge in [-0.25, -0.2) is 0 Å². The van der Waals surface area contributed by atoms with Gasteiger partial charge in [0.15, 0.2) is 0 Å². The van der Waals surface area contributed by atoms with E-state index in [1.54, 1.807) is 0 Å². The van der Waals surface area contributed by atoms with Crippen molar-refractivity contribution >= 4 is 5.97 Å². The molecule has 4 aliphatic carbocycles. The highest BCUT2D eigenvalue weighted by molar-refractivity contribution is 5.72. The topological polar surface area (TPSA) is 46.5 Å². The number of benzene rings is 2. The molecule has 0 aromatic heterocycles. The maximum absolute atomic E-state index is 12.3. The van der Waals surface area contributed by atoms with Crippen LogP contribution in [0.5, 0.6) is 0 Å². The second-order valence-corrected chi connectivity index (χ2v) is 9.04. The number of ether oxygens (including phenoxy) is 1. The summed E-state index contributed by atoms with van der Waals surface area (Å²) in [4.78, 5) is 12.3. The Morgan fingerprint density at radius 1 is 1.07 bits per heavy atom. The zero-order valence-electron chi connectivity index (χ0n) is 16.1. The molecule has 0 radical (unpaired) electrons. The molecule has 0 aliphatic heterocycles. The van der Waals surface area contributed by atoms with E-state index in [2.05, 4.69) is 18.2 Å². The van der Waals surface area contributed by atoms with Gasteiger partial charge in [-0.3, -0.25) is 4.79 Å². The minimum Gasteiger partial charge on any atom is -0.461 e. The van der Waals surface area contributed by atoms with Crippen molar-refractivity contribution in [3.8, 4) is 0 Å². The van der Waals surface area contributed by atoms with Crippen molar-refractivity contribution in [2.45, 2.75) is 56.1 Å². The van der Waals surface area contributed by atoms with Crippen LogP contribution in [0.3, 0.4) is 0 Å². The highest BCUT2D eigenvalue weighted by Gasteiger charge is 2.54. The summed E-state index contributed by atoms with van der Waals surface area (Å²) in [5.41, 5.74) is 4.09. The molecule has 0 spiro atoms. The predicted molar refractivity (Wildman–Crippen MR) is 108 cm³/mol. The van der Waals surface area contributed by atoms with Gasteiger partial charge in [0.05, 0.1) is 12.0 Å². The maximum atomic E-state index is 12.3. The Morgan fingerprint density at radius 2 is 1.89 bits per heavy atom. The quantitative estimate of drug-likeness (QED) is 0.620. The molecule has 2 aromatic rings. The second-order valence-electron chi connectivity index (χ2n) is 9.04. The molecular formula is C25H26O3. The van der Waals surface area contributed by atoms with Gasteiger partial charge in [0, 0.05) is 5.41 Å². The van der Waals surface area contributed by atoms with E-state index in [1.165, 1.54) is 11.1 Å². The second kappa shape index (κ2) is 6.59. The van der Waals surface area contributed by atoms with E-state index >= 15 is 0 Å². The molecule has 4 bridgehead atoms. The zero-order chi connectivity index (χ0) is 19.2. The van der Waals surface area contributed by atoms with Crippen molar-refractivity contribution in [1.82, 2.24) is 0 Å².